The lowest BCUT2D eigenvalue weighted by Gasteiger charge is -1.97. The number of fused-ring (bicyclic) bond motifs is 1. The predicted molar refractivity (Wildman–Crippen MR) is 65.0 cm³/mol. The molecule has 0 saturated carbocycles. The summed E-state index contributed by atoms with van der Waals surface area (Å²) in [6.07, 6.45) is 1.96. The molecule has 1 N–H and O–H groups in total. The van der Waals surface area contributed by atoms with Gasteiger partial charge >= 0.3 is 0 Å². The maximum Gasteiger partial charge on any atom is 0.252 e. The van der Waals surface area contributed by atoms with Crippen molar-refractivity contribution in [3.63, 3.8) is 0 Å². The van der Waals surface area contributed by atoms with Crippen molar-refractivity contribution in [3.05, 3.63) is 29.1 Å². The van der Waals surface area contributed by atoms with Gasteiger partial charge in [-0.3, -0.25) is 4.79 Å². The summed E-state index contributed by atoms with van der Waals surface area (Å²) in [5, 5.41) is -0.434. The fraction of sp³-hybridized carbons (Fsp3) is 0.333. The number of aromatic nitrogens is 2. The number of aromatic amines is 1. The molecule has 0 aliphatic rings. The van der Waals surface area contributed by atoms with Gasteiger partial charge < -0.3 is 4.98 Å². The predicted octanol–water partition coefficient (Wildman–Crippen LogP) is 3.20. The molecule has 0 aliphatic heterocycles. The lowest BCUT2D eigenvalue weighted by molar-refractivity contribution is 0.108. The minimum atomic E-state index is -0.434. The molecule has 0 spiro atoms. The van der Waals surface area contributed by atoms with Gasteiger partial charge in [0.05, 0.1) is 11.0 Å². The molecule has 2 aromatic rings. The van der Waals surface area contributed by atoms with Gasteiger partial charge in [0.2, 0.25) is 0 Å². The summed E-state index contributed by atoms with van der Waals surface area (Å²) in [4.78, 5) is 18.8. The van der Waals surface area contributed by atoms with E-state index in [2.05, 4.69) is 16.9 Å². The van der Waals surface area contributed by atoms with Gasteiger partial charge in [-0.25, -0.2) is 4.98 Å². The van der Waals surface area contributed by atoms with Gasteiger partial charge in [0.1, 0.15) is 5.82 Å². The molecule has 0 saturated heterocycles. The summed E-state index contributed by atoms with van der Waals surface area (Å²) in [6.45, 7) is 4.04. The number of carbonyl (C=O) groups excluding carboxylic acids is 1. The summed E-state index contributed by atoms with van der Waals surface area (Å²) in [7, 11) is 0. The zero-order chi connectivity index (χ0) is 11.7. The number of imidazole rings is 1. The number of aryl methyl sites for hydroxylation is 2. The molecule has 0 bridgehead atoms. The Hall–Kier alpha value is -1.35. The number of carbonyl (C=O) groups is 1. The van der Waals surface area contributed by atoms with Crippen LogP contribution >= 0.6 is 11.6 Å². The molecule has 16 heavy (non-hydrogen) atoms. The van der Waals surface area contributed by atoms with Crippen LogP contribution in [0.15, 0.2) is 12.1 Å². The number of hydrogen-bond donors (Lipinski definition) is 1. The molecule has 3 nitrogen and oxygen atoms in total. The summed E-state index contributed by atoms with van der Waals surface area (Å²) >= 11 is 5.47. The van der Waals surface area contributed by atoms with E-state index >= 15 is 0 Å². The number of H-pyrrole nitrogens is 1. The number of hydrogen-bond acceptors (Lipinski definition) is 2. The van der Waals surface area contributed by atoms with Crippen LogP contribution in [0.2, 0.25) is 0 Å². The monoisotopic (exact) mass is 236 g/mol. The molecular formula is C12H13ClN2O. The number of halogens is 1. The van der Waals surface area contributed by atoms with Crippen molar-refractivity contribution >= 4 is 27.9 Å². The number of nitrogens with one attached hydrogen (secondary N) is 1. The fourth-order valence-corrected chi connectivity index (χ4v) is 1.92. The van der Waals surface area contributed by atoms with Gasteiger partial charge in [0, 0.05) is 12.0 Å². The third-order valence-electron chi connectivity index (χ3n) is 2.54. The molecule has 0 amide bonds. The van der Waals surface area contributed by atoms with Crippen LogP contribution in [0.3, 0.4) is 0 Å². The van der Waals surface area contributed by atoms with Crippen molar-refractivity contribution in [2.75, 3.05) is 0 Å². The van der Waals surface area contributed by atoms with E-state index in [1.54, 1.807) is 12.1 Å². The SMILES string of the molecule is CCCc1nc2c(C)cc(C(=O)Cl)cc2[nH]1. The van der Waals surface area contributed by atoms with Gasteiger partial charge in [-0.2, -0.15) is 0 Å². The molecule has 1 heterocycles. The zero-order valence-corrected chi connectivity index (χ0v) is 10.1. The first-order valence-electron chi connectivity index (χ1n) is 5.31. The Labute approximate surface area is 98.8 Å². The smallest absolute Gasteiger partial charge is 0.252 e. The highest BCUT2D eigenvalue weighted by atomic mass is 35.5. The minimum Gasteiger partial charge on any atom is -0.342 e. The third kappa shape index (κ3) is 1.95. The second kappa shape index (κ2) is 4.26. The molecule has 0 aliphatic carbocycles. The first-order chi connectivity index (χ1) is 7.61. The maximum absolute atomic E-state index is 11.1. The van der Waals surface area contributed by atoms with Gasteiger partial charge in [0.25, 0.3) is 5.24 Å². The molecule has 4 heteroatoms. The summed E-state index contributed by atoms with van der Waals surface area (Å²) in [5.41, 5.74) is 3.29. The van der Waals surface area contributed by atoms with Gasteiger partial charge in [-0.05, 0) is 42.6 Å². The van der Waals surface area contributed by atoms with Crippen molar-refractivity contribution in [1.29, 1.82) is 0 Å². The Balaban J connectivity index is 2.58. The van der Waals surface area contributed by atoms with E-state index in [1.165, 1.54) is 0 Å². The second-order valence-corrected chi connectivity index (χ2v) is 4.24. The molecule has 1 aromatic heterocycles. The first-order valence-corrected chi connectivity index (χ1v) is 5.68. The summed E-state index contributed by atoms with van der Waals surface area (Å²) < 4.78 is 0. The van der Waals surface area contributed by atoms with Crippen LogP contribution in [0.25, 0.3) is 11.0 Å². The first kappa shape index (κ1) is 11.1. The van der Waals surface area contributed by atoms with E-state index < -0.39 is 5.24 Å². The fourth-order valence-electron chi connectivity index (χ4n) is 1.81. The Morgan fingerprint density at radius 1 is 1.50 bits per heavy atom. The van der Waals surface area contributed by atoms with Crippen molar-refractivity contribution in [3.8, 4) is 0 Å². The largest absolute Gasteiger partial charge is 0.342 e. The van der Waals surface area contributed by atoms with Crippen LogP contribution in [0.4, 0.5) is 0 Å². The van der Waals surface area contributed by atoms with E-state index in [4.69, 9.17) is 11.6 Å². The molecule has 0 unspecified atom stereocenters. The number of nitrogens with zero attached hydrogens (tertiary/aromatic N) is 1. The lowest BCUT2D eigenvalue weighted by Crippen LogP contribution is -1.90. The molecule has 1 aromatic carbocycles. The zero-order valence-electron chi connectivity index (χ0n) is 9.30. The Bertz CT molecular complexity index is 545. The Morgan fingerprint density at radius 2 is 2.25 bits per heavy atom. The molecular weight excluding hydrogens is 224 g/mol. The average Bonchev–Trinajstić information content (AvgIpc) is 2.61. The normalized spacial score (nSPS) is 10.9. The van der Waals surface area contributed by atoms with Crippen molar-refractivity contribution in [1.82, 2.24) is 9.97 Å². The number of benzene rings is 1. The lowest BCUT2D eigenvalue weighted by atomic mass is 10.1. The van der Waals surface area contributed by atoms with Gasteiger partial charge in [0.15, 0.2) is 0 Å². The average molecular weight is 237 g/mol. The van der Waals surface area contributed by atoms with E-state index in [-0.39, 0.29) is 0 Å². The minimum absolute atomic E-state index is 0.434. The van der Waals surface area contributed by atoms with E-state index in [1.807, 2.05) is 6.92 Å². The van der Waals surface area contributed by atoms with Crippen LogP contribution in [0.5, 0.6) is 0 Å². The third-order valence-corrected chi connectivity index (χ3v) is 2.76. The van der Waals surface area contributed by atoms with Gasteiger partial charge in [-0.1, -0.05) is 6.92 Å². The molecule has 84 valence electrons. The molecule has 0 fully saturated rings. The molecule has 0 atom stereocenters. The van der Waals surface area contributed by atoms with Crippen molar-refractivity contribution < 1.29 is 4.79 Å². The van der Waals surface area contributed by atoms with Crippen LogP contribution < -0.4 is 0 Å². The highest BCUT2D eigenvalue weighted by Crippen LogP contribution is 2.20. The summed E-state index contributed by atoms with van der Waals surface area (Å²) in [6, 6.07) is 3.53. The van der Waals surface area contributed by atoms with E-state index in [0.29, 0.717) is 5.56 Å². The Kier molecular flexibility index (Phi) is 2.97. The van der Waals surface area contributed by atoms with E-state index in [0.717, 1.165) is 35.3 Å². The van der Waals surface area contributed by atoms with Crippen molar-refractivity contribution in [2.24, 2.45) is 0 Å². The van der Waals surface area contributed by atoms with Crippen LogP contribution in [0, 0.1) is 6.92 Å². The quantitative estimate of drug-likeness (QED) is 0.832. The van der Waals surface area contributed by atoms with Crippen LogP contribution in [0.1, 0.15) is 35.1 Å². The van der Waals surface area contributed by atoms with E-state index in [9.17, 15) is 4.79 Å². The number of rotatable bonds is 3. The molecule has 2 rings (SSSR count). The van der Waals surface area contributed by atoms with Crippen molar-refractivity contribution in [2.45, 2.75) is 26.7 Å². The maximum atomic E-state index is 11.1. The van der Waals surface area contributed by atoms with Gasteiger partial charge in [-0.15, -0.1) is 0 Å². The Morgan fingerprint density at radius 3 is 2.88 bits per heavy atom. The molecule has 0 radical (unpaired) electrons. The van der Waals surface area contributed by atoms with Crippen LogP contribution in [-0.2, 0) is 6.42 Å². The summed E-state index contributed by atoms with van der Waals surface area (Å²) in [5.74, 6) is 0.958. The second-order valence-electron chi connectivity index (χ2n) is 3.90. The van der Waals surface area contributed by atoms with Crippen LogP contribution in [-0.4, -0.2) is 15.2 Å². The highest BCUT2D eigenvalue weighted by Gasteiger charge is 2.09. The topological polar surface area (TPSA) is 45.8 Å². The highest BCUT2D eigenvalue weighted by molar-refractivity contribution is 6.67. The standard InChI is InChI=1S/C12H13ClN2O/c1-3-4-10-14-9-6-8(12(13)16)5-7(2)11(9)15-10/h5-6H,3-4H2,1-2H3,(H,14,15).